The third-order valence-corrected chi connectivity index (χ3v) is 5.08. The number of hydrogen-bond donors (Lipinski definition) is 2. The quantitative estimate of drug-likeness (QED) is 0.850. The van der Waals surface area contributed by atoms with E-state index in [-0.39, 0.29) is 10.9 Å². The van der Waals surface area contributed by atoms with Gasteiger partial charge in [-0.15, -0.1) is 11.3 Å². The van der Waals surface area contributed by atoms with Crippen LogP contribution in [-0.2, 0) is 16.4 Å². The Labute approximate surface area is 129 Å². The molecule has 7 heteroatoms. The highest BCUT2D eigenvalue weighted by molar-refractivity contribution is 7.89. The summed E-state index contributed by atoms with van der Waals surface area (Å²) < 4.78 is 22.7. The standard InChI is InChI=1S/C14H19N3O2S2/c1-10-9-20-14(17-10)6-7-16-11(2)12-4-3-5-13(8-12)21(15,18)19/h3-5,8-9,11,16H,6-7H2,1-2H3,(H2,15,18,19). The number of nitrogens with one attached hydrogen (secondary N) is 1. The SMILES string of the molecule is Cc1csc(CCNC(C)c2cccc(S(N)(=O)=O)c2)n1. The van der Waals surface area contributed by atoms with Crippen molar-refractivity contribution in [2.24, 2.45) is 5.14 Å². The third kappa shape index (κ3) is 4.60. The van der Waals surface area contributed by atoms with Crippen LogP contribution in [0.2, 0.25) is 0 Å². The highest BCUT2D eigenvalue weighted by Crippen LogP contribution is 2.17. The molecule has 5 nitrogen and oxygen atoms in total. The molecule has 0 amide bonds. The molecule has 0 aliphatic rings. The minimum atomic E-state index is -3.66. The van der Waals surface area contributed by atoms with Gasteiger partial charge < -0.3 is 5.32 Å². The number of aromatic nitrogens is 1. The van der Waals surface area contributed by atoms with Crippen LogP contribution in [0, 0.1) is 6.92 Å². The Morgan fingerprint density at radius 1 is 1.43 bits per heavy atom. The molecule has 1 aromatic heterocycles. The average molecular weight is 325 g/mol. The molecule has 114 valence electrons. The van der Waals surface area contributed by atoms with Crippen molar-refractivity contribution in [3.8, 4) is 0 Å². The summed E-state index contributed by atoms with van der Waals surface area (Å²) in [6.45, 7) is 4.76. The predicted molar refractivity (Wildman–Crippen MR) is 84.8 cm³/mol. The van der Waals surface area contributed by atoms with Crippen molar-refractivity contribution in [3.63, 3.8) is 0 Å². The number of rotatable bonds is 6. The second-order valence-electron chi connectivity index (χ2n) is 4.93. The molecule has 0 spiro atoms. The molecule has 1 unspecified atom stereocenters. The maximum absolute atomic E-state index is 11.4. The molecule has 0 aliphatic heterocycles. The molecule has 21 heavy (non-hydrogen) atoms. The van der Waals surface area contributed by atoms with Crippen molar-refractivity contribution >= 4 is 21.4 Å². The lowest BCUT2D eigenvalue weighted by molar-refractivity contribution is 0.573. The van der Waals surface area contributed by atoms with E-state index in [4.69, 9.17) is 5.14 Å². The van der Waals surface area contributed by atoms with Crippen molar-refractivity contribution in [2.45, 2.75) is 31.2 Å². The van der Waals surface area contributed by atoms with Crippen molar-refractivity contribution in [1.29, 1.82) is 0 Å². The minimum Gasteiger partial charge on any atom is -0.310 e. The minimum absolute atomic E-state index is 0.0489. The van der Waals surface area contributed by atoms with Crippen LogP contribution in [0.5, 0.6) is 0 Å². The van der Waals surface area contributed by atoms with Crippen LogP contribution in [0.4, 0.5) is 0 Å². The number of primary sulfonamides is 1. The molecule has 2 aromatic rings. The fraction of sp³-hybridized carbons (Fsp3) is 0.357. The molecule has 0 saturated heterocycles. The summed E-state index contributed by atoms with van der Waals surface area (Å²) in [6.07, 6.45) is 0.859. The van der Waals surface area contributed by atoms with Gasteiger partial charge in [0.25, 0.3) is 0 Å². The van der Waals surface area contributed by atoms with E-state index in [1.165, 1.54) is 6.07 Å². The van der Waals surface area contributed by atoms with E-state index >= 15 is 0 Å². The molecule has 1 aromatic carbocycles. The van der Waals surface area contributed by atoms with E-state index in [2.05, 4.69) is 10.3 Å². The number of thiazole rings is 1. The first-order valence-corrected chi connectivity index (χ1v) is 9.06. The van der Waals surface area contributed by atoms with Crippen molar-refractivity contribution in [2.75, 3.05) is 6.54 Å². The van der Waals surface area contributed by atoms with Gasteiger partial charge in [-0.2, -0.15) is 0 Å². The second-order valence-corrected chi connectivity index (χ2v) is 7.43. The van der Waals surface area contributed by atoms with Crippen molar-refractivity contribution in [1.82, 2.24) is 10.3 Å². The highest BCUT2D eigenvalue weighted by atomic mass is 32.2. The first-order chi connectivity index (χ1) is 9.86. The van der Waals surface area contributed by atoms with Crippen LogP contribution in [-0.4, -0.2) is 19.9 Å². The van der Waals surface area contributed by atoms with Gasteiger partial charge in [-0.05, 0) is 31.5 Å². The molecule has 0 radical (unpaired) electrons. The second kappa shape index (κ2) is 6.65. The Morgan fingerprint density at radius 3 is 2.81 bits per heavy atom. The van der Waals surface area contributed by atoms with Crippen LogP contribution in [0.15, 0.2) is 34.5 Å². The lowest BCUT2D eigenvalue weighted by atomic mass is 10.1. The zero-order valence-electron chi connectivity index (χ0n) is 12.0. The van der Waals surface area contributed by atoms with E-state index in [1.54, 1.807) is 23.5 Å². The van der Waals surface area contributed by atoms with Crippen LogP contribution in [0.1, 0.15) is 29.2 Å². The number of sulfonamides is 1. The van der Waals surface area contributed by atoms with E-state index in [0.29, 0.717) is 0 Å². The van der Waals surface area contributed by atoms with Gasteiger partial charge >= 0.3 is 0 Å². The number of aryl methyl sites for hydroxylation is 1. The van der Waals surface area contributed by atoms with Crippen LogP contribution in [0.3, 0.4) is 0 Å². The first kappa shape index (κ1) is 16.1. The van der Waals surface area contributed by atoms with E-state index < -0.39 is 10.0 Å². The number of nitrogens with two attached hydrogens (primary N) is 1. The number of benzene rings is 1. The molecule has 1 heterocycles. The summed E-state index contributed by atoms with van der Waals surface area (Å²) in [5.41, 5.74) is 1.95. The Hall–Kier alpha value is -1.28. The Morgan fingerprint density at radius 2 is 2.19 bits per heavy atom. The molecule has 0 saturated carbocycles. The van der Waals surface area contributed by atoms with Gasteiger partial charge in [0.1, 0.15) is 0 Å². The molecular formula is C14H19N3O2S2. The van der Waals surface area contributed by atoms with Gasteiger partial charge in [-0.1, -0.05) is 12.1 Å². The smallest absolute Gasteiger partial charge is 0.238 e. The van der Waals surface area contributed by atoms with Crippen molar-refractivity contribution < 1.29 is 8.42 Å². The first-order valence-electron chi connectivity index (χ1n) is 6.63. The van der Waals surface area contributed by atoms with Gasteiger partial charge in [0.05, 0.1) is 9.90 Å². The molecule has 0 bridgehead atoms. The molecule has 1 atom stereocenters. The maximum atomic E-state index is 11.4. The van der Waals surface area contributed by atoms with Crippen LogP contribution in [0.25, 0.3) is 0 Å². The lowest BCUT2D eigenvalue weighted by Crippen LogP contribution is -2.22. The van der Waals surface area contributed by atoms with E-state index in [9.17, 15) is 8.42 Å². The molecule has 0 fully saturated rings. The number of hydrogen-bond acceptors (Lipinski definition) is 5. The summed E-state index contributed by atoms with van der Waals surface area (Å²) >= 11 is 1.66. The topological polar surface area (TPSA) is 85.1 Å². The largest absolute Gasteiger partial charge is 0.310 e. The van der Waals surface area contributed by atoms with E-state index in [1.807, 2.05) is 25.3 Å². The van der Waals surface area contributed by atoms with Gasteiger partial charge in [-0.3, -0.25) is 0 Å². The summed E-state index contributed by atoms with van der Waals surface area (Å²) in [7, 11) is -3.66. The molecule has 3 N–H and O–H groups in total. The predicted octanol–water partition coefficient (Wildman–Crippen LogP) is 1.99. The Bertz CT molecular complexity index is 711. The summed E-state index contributed by atoms with van der Waals surface area (Å²) in [5, 5.41) is 11.7. The van der Waals surface area contributed by atoms with Gasteiger partial charge in [0.15, 0.2) is 0 Å². The fourth-order valence-electron chi connectivity index (χ4n) is 1.99. The van der Waals surface area contributed by atoms with Crippen LogP contribution < -0.4 is 10.5 Å². The van der Waals surface area contributed by atoms with Gasteiger partial charge in [0, 0.05) is 30.1 Å². The zero-order chi connectivity index (χ0) is 15.5. The Balaban J connectivity index is 1.95. The third-order valence-electron chi connectivity index (χ3n) is 3.14. The maximum Gasteiger partial charge on any atom is 0.238 e. The van der Waals surface area contributed by atoms with E-state index in [0.717, 1.165) is 29.2 Å². The molecule has 2 rings (SSSR count). The summed E-state index contributed by atoms with van der Waals surface area (Å²) in [6, 6.07) is 6.76. The van der Waals surface area contributed by atoms with Gasteiger partial charge in [0.2, 0.25) is 10.0 Å². The average Bonchev–Trinajstić information content (AvgIpc) is 2.83. The molecule has 0 aliphatic carbocycles. The highest BCUT2D eigenvalue weighted by Gasteiger charge is 2.11. The lowest BCUT2D eigenvalue weighted by Gasteiger charge is -2.14. The summed E-state index contributed by atoms with van der Waals surface area (Å²) in [5.74, 6) is 0. The number of nitrogens with zero attached hydrogens (tertiary/aromatic N) is 1. The van der Waals surface area contributed by atoms with Crippen LogP contribution >= 0.6 is 11.3 Å². The van der Waals surface area contributed by atoms with Crippen molar-refractivity contribution in [3.05, 3.63) is 45.9 Å². The Kier molecular flexibility index (Phi) is 5.10. The van der Waals surface area contributed by atoms with Gasteiger partial charge in [-0.25, -0.2) is 18.5 Å². The summed E-state index contributed by atoms with van der Waals surface area (Å²) in [4.78, 5) is 4.55. The molecular weight excluding hydrogens is 306 g/mol. The monoisotopic (exact) mass is 325 g/mol. The fourth-order valence-corrected chi connectivity index (χ4v) is 3.34. The normalized spacial score (nSPS) is 13.3. The zero-order valence-corrected chi connectivity index (χ0v) is 13.7.